The van der Waals surface area contributed by atoms with Crippen LogP contribution in [-0.2, 0) is 25.6 Å². The van der Waals surface area contributed by atoms with Crippen molar-refractivity contribution in [2.45, 2.75) is 48.2 Å². The van der Waals surface area contributed by atoms with E-state index in [0.29, 0.717) is 10.6 Å². The molecule has 2 aliphatic heterocycles. The number of nitrogens with zero attached hydrogens (tertiary/aromatic N) is 2. The van der Waals surface area contributed by atoms with Crippen LogP contribution in [-0.4, -0.2) is 44.8 Å². The first-order valence-electron chi connectivity index (χ1n) is 15.4. The van der Waals surface area contributed by atoms with Crippen LogP contribution in [0.15, 0.2) is 78.4 Å². The maximum Gasteiger partial charge on any atom is 0.573 e. The molecule has 6 atom stereocenters. The Hall–Kier alpha value is -4.42. The topological polar surface area (TPSA) is 104 Å². The van der Waals surface area contributed by atoms with E-state index in [1.165, 1.54) is 0 Å². The van der Waals surface area contributed by atoms with Crippen molar-refractivity contribution < 1.29 is 46.6 Å². The Labute approximate surface area is 286 Å². The number of phenolic OH excluding ortho intramolecular Hbond substituents is 1. The number of carbonyl (C=O) groups is 4. The molecule has 0 spiro atoms. The molecule has 3 fully saturated rings. The largest absolute Gasteiger partial charge is 0.573 e. The van der Waals surface area contributed by atoms with E-state index in [1.54, 1.807) is 30.3 Å². The summed E-state index contributed by atoms with van der Waals surface area (Å²) in [6.45, 7) is 1.95. The smallest absolute Gasteiger partial charge is 0.508 e. The van der Waals surface area contributed by atoms with Crippen LogP contribution in [0.3, 0.4) is 0 Å². The van der Waals surface area contributed by atoms with Gasteiger partial charge in [0.1, 0.15) is 17.3 Å². The summed E-state index contributed by atoms with van der Waals surface area (Å²) in [5.41, 5.74) is 1.17. The van der Waals surface area contributed by atoms with E-state index in [2.05, 4.69) is 4.74 Å². The van der Waals surface area contributed by atoms with Gasteiger partial charge in [-0.25, -0.2) is 9.29 Å². The van der Waals surface area contributed by atoms with Gasteiger partial charge in [-0.3, -0.25) is 24.1 Å². The first-order valence-corrected chi connectivity index (χ1v) is 16.1. The van der Waals surface area contributed by atoms with Gasteiger partial charge < -0.3 is 9.84 Å². The first kappa shape index (κ1) is 33.1. The van der Waals surface area contributed by atoms with Crippen molar-refractivity contribution in [1.29, 1.82) is 0 Å². The lowest BCUT2D eigenvalue weighted by atomic mass is 9.56. The van der Waals surface area contributed by atoms with Gasteiger partial charge in [0.15, 0.2) is 9.75 Å². The molecule has 0 aromatic heterocycles. The minimum Gasteiger partial charge on any atom is -0.508 e. The van der Waals surface area contributed by atoms with Crippen LogP contribution in [0.4, 0.5) is 28.9 Å². The van der Waals surface area contributed by atoms with E-state index in [-0.39, 0.29) is 23.2 Å². The van der Waals surface area contributed by atoms with Gasteiger partial charge in [0.05, 0.1) is 23.2 Å². The summed E-state index contributed by atoms with van der Waals surface area (Å²) >= 11 is 14.5. The third-order valence-corrected chi connectivity index (χ3v) is 11.5. The van der Waals surface area contributed by atoms with Crippen LogP contribution in [0, 0.1) is 23.6 Å². The van der Waals surface area contributed by atoms with Gasteiger partial charge in [-0.1, -0.05) is 30.7 Å². The highest BCUT2D eigenvalue weighted by Crippen LogP contribution is 2.66. The molecule has 2 saturated heterocycles. The minimum atomic E-state index is -5.12. The number of hydrogen-bond donors (Lipinski definition) is 1. The maximum absolute atomic E-state index is 14.4. The summed E-state index contributed by atoms with van der Waals surface area (Å²) in [6, 6.07) is 13.9. The number of halogens is 6. The summed E-state index contributed by atoms with van der Waals surface area (Å²) < 4.78 is 57.9. The monoisotopic (exact) mass is 716 g/mol. The van der Waals surface area contributed by atoms with Crippen LogP contribution in [0.1, 0.15) is 36.8 Å². The van der Waals surface area contributed by atoms with Gasteiger partial charge >= 0.3 is 6.36 Å². The lowest BCUT2D eigenvalue weighted by Crippen LogP contribution is -2.60. The van der Waals surface area contributed by atoms with E-state index in [9.17, 15) is 41.8 Å². The minimum absolute atomic E-state index is 0.00725. The summed E-state index contributed by atoms with van der Waals surface area (Å²) in [4.78, 5) is 53.7. The number of anilines is 2. The molecular formula is C35H26Cl2F4N2O6. The molecule has 2 aliphatic carbocycles. The number of fused-ring (bicyclic) bond motifs is 4. The highest BCUT2D eigenvalue weighted by molar-refractivity contribution is 6.58. The Kier molecular flexibility index (Phi) is 7.64. The first-order chi connectivity index (χ1) is 23.1. The number of phenols is 1. The molecule has 0 bridgehead atoms. The maximum atomic E-state index is 14.4. The van der Waals surface area contributed by atoms with Crippen molar-refractivity contribution in [1.82, 2.24) is 0 Å². The van der Waals surface area contributed by atoms with Crippen molar-refractivity contribution >= 4 is 58.2 Å². The van der Waals surface area contributed by atoms with Crippen LogP contribution < -0.4 is 14.5 Å². The molecule has 6 unspecified atom stereocenters. The van der Waals surface area contributed by atoms with E-state index in [4.69, 9.17) is 23.2 Å². The predicted molar refractivity (Wildman–Crippen MR) is 170 cm³/mol. The van der Waals surface area contributed by atoms with Crippen molar-refractivity contribution in [2.24, 2.45) is 17.8 Å². The van der Waals surface area contributed by atoms with Gasteiger partial charge in [0, 0.05) is 11.5 Å². The highest BCUT2D eigenvalue weighted by Gasteiger charge is 2.77. The average molecular weight is 717 g/mol. The summed E-state index contributed by atoms with van der Waals surface area (Å²) in [5.74, 6) is -9.71. The molecule has 7 rings (SSSR count). The van der Waals surface area contributed by atoms with Crippen LogP contribution in [0.2, 0.25) is 0 Å². The second-order valence-corrected chi connectivity index (χ2v) is 13.8. The standard InChI is InChI=1S/C35H26Cl2F4N2O6/c1-2-17-3-7-19(8-4-17)42-29(45)23-13-12-22-25(27(23)30(42)46)16-33(36)31(47)43(20-9-5-18(38)6-10-20)32(48)34(33,37)28(22)24-15-21(11-14-26(24)44)49-35(39,40)41/h3-12,14-15,23,25,27-28,44H,2,13,16H2,1H3. The molecule has 4 aliphatic rings. The predicted octanol–water partition coefficient (Wildman–Crippen LogP) is 6.76. The van der Waals surface area contributed by atoms with E-state index in [0.717, 1.165) is 59.3 Å². The zero-order valence-corrected chi connectivity index (χ0v) is 27.0. The van der Waals surface area contributed by atoms with Gasteiger partial charge in [-0.05, 0) is 85.3 Å². The van der Waals surface area contributed by atoms with E-state index < -0.39 is 87.1 Å². The van der Waals surface area contributed by atoms with Crippen molar-refractivity contribution in [2.75, 3.05) is 9.80 Å². The number of benzene rings is 3. The molecule has 3 aromatic carbocycles. The Morgan fingerprint density at radius 2 is 1.51 bits per heavy atom. The SMILES string of the molecule is CCc1ccc(N2C(=O)C3CC=C4C(CC5(Cl)C(=O)N(c6ccc(F)cc6)C(=O)C5(Cl)C4c4cc(OC(F)(F)F)ccc4O)C3C2=O)cc1. The summed E-state index contributed by atoms with van der Waals surface area (Å²) in [5, 5.41) is 11.1. The fraction of sp³-hybridized carbons (Fsp3) is 0.314. The molecule has 1 N–H and O–H groups in total. The molecule has 2 heterocycles. The number of rotatable bonds is 5. The van der Waals surface area contributed by atoms with Crippen molar-refractivity contribution in [3.63, 3.8) is 0 Å². The van der Waals surface area contributed by atoms with Crippen molar-refractivity contribution in [3.05, 3.63) is 95.3 Å². The number of amides is 4. The van der Waals surface area contributed by atoms with Crippen LogP contribution in [0.25, 0.3) is 0 Å². The Morgan fingerprint density at radius 3 is 2.14 bits per heavy atom. The van der Waals surface area contributed by atoms with Gasteiger partial charge in [-0.2, -0.15) is 0 Å². The molecule has 0 radical (unpaired) electrons. The fourth-order valence-corrected chi connectivity index (χ4v) is 8.77. The lowest BCUT2D eigenvalue weighted by Gasteiger charge is -2.50. The Bertz CT molecular complexity index is 1950. The quantitative estimate of drug-likeness (QED) is 0.136. The van der Waals surface area contributed by atoms with Gasteiger partial charge in [0.2, 0.25) is 11.8 Å². The number of allylic oxidation sites excluding steroid dienone is 2. The Morgan fingerprint density at radius 1 is 0.878 bits per heavy atom. The fourth-order valence-electron chi connectivity index (χ4n) is 7.84. The third-order valence-electron chi connectivity index (χ3n) is 10.0. The molecule has 8 nitrogen and oxygen atoms in total. The van der Waals surface area contributed by atoms with Crippen LogP contribution in [0.5, 0.6) is 11.5 Å². The van der Waals surface area contributed by atoms with Crippen molar-refractivity contribution in [3.8, 4) is 11.5 Å². The number of aryl methyl sites for hydroxylation is 1. The zero-order valence-electron chi connectivity index (χ0n) is 25.5. The summed E-state index contributed by atoms with van der Waals surface area (Å²) in [6.07, 6.45) is -3.23. The molecule has 49 heavy (non-hydrogen) atoms. The molecule has 1 saturated carbocycles. The Balaban J connectivity index is 1.40. The molecular weight excluding hydrogens is 691 g/mol. The number of carbonyl (C=O) groups excluding carboxylic acids is 4. The lowest BCUT2D eigenvalue weighted by molar-refractivity contribution is -0.274. The average Bonchev–Trinajstić information content (AvgIpc) is 3.39. The number of alkyl halides is 5. The second-order valence-electron chi connectivity index (χ2n) is 12.6. The van der Waals surface area contributed by atoms with E-state index >= 15 is 0 Å². The number of hydrogen-bond acceptors (Lipinski definition) is 6. The normalized spacial score (nSPS) is 29.5. The van der Waals surface area contributed by atoms with Gasteiger partial charge in [0.25, 0.3) is 11.8 Å². The van der Waals surface area contributed by atoms with E-state index in [1.807, 2.05) is 6.92 Å². The summed E-state index contributed by atoms with van der Waals surface area (Å²) in [7, 11) is 0. The molecule has 3 aromatic rings. The molecule has 4 amide bonds. The number of aromatic hydroxyl groups is 1. The molecule has 14 heteroatoms. The van der Waals surface area contributed by atoms with Crippen LogP contribution >= 0.6 is 23.2 Å². The van der Waals surface area contributed by atoms with Gasteiger partial charge in [-0.15, -0.1) is 36.4 Å². The highest BCUT2D eigenvalue weighted by atomic mass is 35.5. The molecule has 254 valence electrons. The number of ether oxygens (including phenoxy) is 1. The zero-order chi connectivity index (χ0) is 35.2. The third kappa shape index (κ3) is 4.85. The number of imide groups is 2. The second kappa shape index (κ2) is 11.3.